The first-order valence-electron chi connectivity index (χ1n) is 11.1. The summed E-state index contributed by atoms with van der Waals surface area (Å²) in [4.78, 5) is 38.7. The van der Waals surface area contributed by atoms with E-state index in [1.807, 2.05) is 48.5 Å². The van der Waals surface area contributed by atoms with Crippen molar-refractivity contribution in [2.24, 2.45) is 0 Å². The molecule has 0 saturated heterocycles. The summed E-state index contributed by atoms with van der Waals surface area (Å²) in [7, 11) is 2.91. The number of anilines is 1. The third-order valence-corrected chi connectivity index (χ3v) is 7.40. The number of methoxy groups -OCH3 is 1. The summed E-state index contributed by atoms with van der Waals surface area (Å²) < 4.78 is 11.5. The van der Waals surface area contributed by atoms with Crippen LogP contribution < -0.4 is 14.7 Å². The summed E-state index contributed by atoms with van der Waals surface area (Å²) in [5.74, 6) is -0.854. The Balaban J connectivity index is 1.54. The van der Waals surface area contributed by atoms with Gasteiger partial charge in [-0.3, -0.25) is 0 Å². The van der Waals surface area contributed by atoms with E-state index in [1.54, 1.807) is 31.3 Å². The van der Waals surface area contributed by atoms with Crippen molar-refractivity contribution in [2.45, 2.75) is 24.4 Å². The maximum atomic E-state index is 12.8. The fourth-order valence-electron chi connectivity index (χ4n) is 3.20. The molecule has 0 spiro atoms. The van der Waals surface area contributed by atoms with Crippen LogP contribution in [0, 0.1) is 0 Å². The molecule has 0 heterocycles. The predicted molar refractivity (Wildman–Crippen MR) is 136 cm³/mol. The Morgan fingerprint density at radius 3 is 2.17 bits per heavy atom. The van der Waals surface area contributed by atoms with Gasteiger partial charge in [0.1, 0.15) is 6.61 Å². The van der Waals surface area contributed by atoms with Gasteiger partial charge in [-0.05, 0) is 5.56 Å². The van der Waals surface area contributed by atoms with Gasteiger partial charge in [0.05, 0.1) is 0 Å². The second-order valence-corrected chi connectivity index (χ2v) is 10.1. The summed E-state index contributed by atoms with van der Waals surface area (Å²) in [6.45, 7) is 0.172. The number of amides is 2. The molecule has 0 aromatic heterocycles. The molecule has 2 amide bonds. The van der Waals surface area contributed by atoms with Crippen LogP contribution in [0.25, 0.3) is 0 Å². The molecule has 0 bridgehead atoms. The minimum atomic E-state index is -0.728. The molecule has 8 heteroatoms. The Labute approximate surface area is 211 Å². The number of hydrogen-bond donors (Lipinski definition) is 1. The van der Waals surface area contributed by atoms with E-state index in [9.17, 15) is 14.4 Å². The summed E-state index contributed by atoms with van der Waals surface area (Å²) in [6.07, 6.45) is -0.0152. The van der Waals surface area contributed by atoms with Gasteiger partial charge < -0.3 is 0 Å². The first-order chi connectivity index (χ1) is 17.0. The first-order valence-corrected chi connectivity index (χ1v) is 13.2. The number of carbonyl (C=O) groups is 3. The molecule has 35 heavy (non-hydrogen) atoms. The number of hydrogen-bond acceptors (Lipinski definition) is 5. The van der Waals surface area contributed by atoms with E-state index in [0.29, 0.717) is 17.7 Å². The number of nitrogens with one attached hydrogen (secondary N) is 1. The monoisotopic (exact) mass is 540 g/mol. The van der Waals surface area contributed by atoms with Gasteiger partial charge in [-0.25, -0.2) is 0 Å². The Hall–Kier alpha value is -3.61. The third kappa shape index (κ3) is 7.98. The van der Waals surface area contributed by atoms with Crippen LogP contribution in [0.3, 0.4) is 0 Å². The SMILES string of the molecule is COC(=O)[C@H](CC[Se]c1ccccc1)NC(=O)c1ccc(N(C)C(=O)OCc2ccccc2)cc1. The zero-order valence-corrected chi connectivity index (χ0v) is 21.4. The number of benzene rings is 3. The molecule has 0 aliphatic rings. The Morgan fingerprint density at radius 2 is 1.54 bits per heavy atom. The summed E-state index contributed by atoms with van der Waals surface area (Å²) in [5.41, 5.74) is 1.85. The van der Waals surface area contributed by atoms with E-state index in [1.165, 1.54) is 16.5 Å². The van der Waals surface area contributed by atoms with Crippen LogP contribution in [-0.4, -0.2) is 53.1 Å². The topological polar surface area (TPSA) is 84.9 Å². The van der Waals surface area contributed by atoms with E-state index in [2.05, 4.69) is 17.4 Å². The van der Waals surface area contributed by atoms with Crippen LogP contribution in [0.1, 0.15) is 22.3 Å². The molecule has 0 aliphatic heterocycles. The molecule has 0 fully saturated rings. The van der Waals surface area contributed by atoms with Gasteiger partial charge in [-0.15, -0.1) is 0 Å². The molecule has 182 valence electrons. The predicted octanol–water partition coefficient (Wildman–Crippen LogP) is 3.57. The van der Waals surface area contributed by atoms with Crippen LogP contribution in [-0.2, 0) is 20.9 Å². The van der Waals surface area contributed by atoms with E-state index in [0.717, 1.165) is 10.9 Å². The summed E-state index contributed by atoms with van der Waals surface area (Å²) in [6, 6.07) is 25.3. The van der Waals surface area contributed by atoms with Crippen LogP contribution in [0.5, 0.6) is 0 Å². The molecular formula is C27H28N2O5Se. The molecule has 7 nitrogen and oxygen atoms in total. The standard InChI is InChI=1S/C27H28N2O5Se/c1-29(27(32)34-19-20-9-5-3-6-10-20)22-15-13-21(14-16-22)25(30)28-24(26(31)33-2)17-18-35-23-11-7-4-8-12-23/h3-16,24H,17-19H2,1-2H3,(H,28,30)/t24-/m0/s1. The van der Waals surface area contributed by atoms with Crippen molar-refractivity contribution in [3.8, 4) is 0 Å². The third-order valence-electron chi connectivity index (χ3n) is 5.21. The van der Waals surface area contributed by atoms with Crippen molar-refractivity contribution in [3.05, 3.63) is 96.1 Å². The number of esters is 1. The normalized spacial score (nSPS) is 11.3. The zero-order chi connectivity index (χ0) is 25.0. The van der Waals surface area contributed by atoms with Gasteiger partial charge in [0.15, 0.2) is 0 Å². The van der Waals surface area contributed by atoms with E-state index < -0.39 is 18.1 Å². The molecule has 3 aromatic rings. The second-order valence-electron chi connectivity index (χ2n) is 7.65. The van der Waals surface area contributed by atoms with Gasteiger partial charge in [0, 0.05) is 0 Å². The molecule has 0 aliphatic carbocycles. The van der Waals surface area contributed by atoms with E-state index in [4.69, 9.17) is 9.47 Å². The summed E-state index contributed by atoms with van der Waals surface area (Å²) in [5, 5.41) is 3.56. The molecule has 3 rings (SSSR count). The van der Waals surface area contributed by atoms with Crippen molar-refractivity contribution >= 4 is 43.1 Å². The molecule has 0 unspecified atom stereocenters. The average Bonchev–Trinajstić information content (AvgIpc) is 2.91. The van der Waals surface area contributed by atoms with Crippen molar-refractivity contribution < 1.29 is 23.9 Å². The maximum absolute atomic E-state index is 12.8. The number of ether oxygens (including phenoxy) is 2. The van der Waals surface area contributed by atoms with Crippen LogP contribution >= 0.6 is 0 Å². The van der Waals surface area contributed by atoms with Crippen molar-refractivity contribution in [3.63, 3.8) is 0 Å². The molecule has 1 N–H and O–H groups in total. The molecule has 3 aromatic carbocycles. The van der Waals surface area contributed by atoms with Crippen LogP contribution in [0.2, 0.25) is 5.32 Å². The van der Waals surface area contributed by atoms with Gasteiger partial charge in [-0.2, -0.15) is 0 Å². The van der Waals surface area contributed by atoms with Crippen LogP contribution in [0.4, 0.5) is 10.5 Å². The zero-order valence-electron chi connectivity index (χ0n) is 19.7. The van der Waals surface area contributed by atoms with Crippen molar-refractivity contribution in [1.82, 2.24) is 5.32 Å². The number of rotatable bonds is 10. The van der Waals surface area contributed by atoms with Gasteiger partial charge in [-0.1, -0.05) is 30.3 Å². The first kappa shape index (κ1) is 26.0. The fraction of sp³-hybridized carbons (Fsp3) is 0.222. The average molecular weight is 539 g/mol. The van der Waals surface area contributed by atoms with Crippen molar-refractivity contribution in [1.29, 1.82) is 0 Å². The number of nitrogens with zero attached hydrogens (tertiary/aromatic N) is 1. The quantitative estimate of drug-likeness (QED) is 0.315. The Bertz CT molecular complexity index is 1110. The minimum absolute atomic E-state index is 0.172. The van der Waals surface area contributed by atoms with Crippen LogP contribution in [0.15, 0.2) is 84.9 Å². The van der Waals surface area contributed by atoms with Gasteiger partial charge in [0.25, 0.3) is 0 Å². The van der Waals surface area contributed by atoms with Crippen molar-refractivity contribution in [2.75, 3.05) is 19.1 Å². The molecule has 1 atom stereocenters. The molecule has 0 saturated carbocycles. The second kappa shape index (κ2) is 13.3. The Kier molecular flexibility index (Phi) is 9.90. The summed E-state index contributed by atoms with van der Waals surface area (Å²) >= 11 is 0.194. The molecular weight excluding hydrogens is 511 g/mol. The Morgan fingerprint density at radius 1 is 0.914 bits per heavy atom. The fourth-order valence-corrected chi connectivity index (χ4v) is 5.17. The van der Waals surface area contributed by atoms with E-state index in [-0.39, 0.29) is 27.5 Å². The van der Waals surface area contributed by atoms with Gasteiger partial charge >= 0.3 is 169 Å². The van der Waals surface area contributed by atoms with Gasteiger partial charge in [0.2, 0.25) is 0 Å². The molecule has 0 radical (unpaired) electrons. The number of carbonyl (C=O) groups excluding carboxylic acids is 3. The van der Waals surface area contributed by atoms with E-state index >= 15 is 0 Å².